The van der Waals surface area contributed by atoms with Gasteiger partial charge in [-0.2, -0.15) is 0 Å². The highest BCUT2D eigenvalue weighted by Crippen LogP contribution is 2.01. The van der Waals surface area contributed by atoms with E-state index < -0.39 is 0 Å². The number of carbonyl (C=O) groups is 1. The molecule has 3 nitrogen and oxygen atoms in total. The van der Waals surface area contributed by atoms with E-state index in [1.54, 1.807) is 0 Å². The van der Waals surface area contributed by atoms with E-state index in [0.29, 0.717) is 6.42 Å². The van der Waals surface area contributed by atoms with Gasteiger partial charge in [0.1, 0.15) is 0 Å². The largest absolute Gasteiger partial charge is 0.341 e. The number of hydrogen-bond donors (Lipinski definition) is 2. The van der Waals surface area contributed by atoms with Crippen LogP contribution in [-0.2, 0) is 4.79 Å². The lowest BCUT2D eigenvalue weighted by Gasteiger charge is -2.19. The van der Waals surface area contributed by atoms with Crippen molar-refractivity contribution in [3.8, 4) is 0 Å². The quantitative estimate of drug-likeness (QED) is 0.331. The molecule has 1 unspecified atom stereocenters. The average molecular weight is 240 g/mol. The minimum Gasteiger partial charge on any atom is -0.341 e. The fraction of sp³-hybridized carbons (Fsp3) is 0.786. The second-order valence-electron chi connectivity index (χ2n) is 4.42. The van der Waals surface area contributed by atoms with Gasteiger partial charge in [-0.1, -0.05) is 45.6 Å². The van der Waals surface area contributed by atoms with Gasteiger partial charge in [-0.3, -0.25) is 10.1 Å². The van der Waals surface area contributed by atoms with E-state index in [9.17, 15) is 4.79 Å². The smallest absolute Gasteiger partial charge is 0.221 e. The Hall–Kier alpha value is -0.830. The Balaban J connectivity index is 3.85. The zero-order chi connectivity index (χ0) is 12.9. The molecule has 1 amide bonds. The second kappa shape index (κ2) is 11.6. The lowest BCUT2D eigenvalue weighted by atomic mass is 10.2. The number of nitrogens with one attached hydrogen (secondary N) is 2. The molecule has 2 N–H and O–H groups in total. The van der Waals surface area contributed by atoms with Gasteiger partial charge in [0.15, 0.2) is 0 Å². The maximum atomic E-state index is 11.7. The Bertz CT molecular complexity index is 204. The summed E-state index contributed by atoms with van der Waals surface area (Å²) in [4.78, 5) is 11.7. The fourth-order valence-electron chi connectivity index (χ4n) is 1.66. The molecule has 0 saturated heterocycles. The van der Waals surface area contributed by atoms with Crippen LogP contribution in [0.15, 0.2) is 12.7 Å². The molecule has 0 heterocycles. The van der Waals surface area contributed by atoms with Crippen LogP contribution in [-0.4, -0.2) is 18.6 Å². The monoisotopic (exact) mass is 240 g/mol. The highest BCUT2D eigenvalue weighted by atomic mass is 16.1. The first-order valence-corrected chi connectivity index (χ1v) is 6.88. The van der Waals surface area contributed by atoms with Crippen LogP contribution in [0.25, 0.3) is 0 Å². The molecule has 3 heteroatoms. The topological polar surface area (TPSA) is 41.1 Å². The summed E-state index contributed by atoms with van der Waals surface area (Å²) in [6, 6.07) is 0. The summed E-state index contributed by atoms with van der Waals surface area (Å²) in [6.45, 7) is 8.72. The van der Waals surface area contributed by atoms with Crippen molar-refractivity contribution >= 4 is 5.91 Å². The highest BCUT2D eigenvalue weighted by Gasteiger charge is 2.09. The summed E-state index contributed by atoms with van der Waals surface area (Å²) in [5.41, 5.74) is 0. The predicted octanol–water partition coefficient (Wildman–Crippen LogP) is 2.97. The van der Waals surface area contributed by atoms with Crippen LogP contribution < -0.4 is 10.6 Å². The molecule has 17 heavy (non-hydrogen) atoms. The molecule has 0 bridgehead atoms. The average Bonchev–Trinajstić information content (AvgIpc) is 2.33. The SMILES string of the molecule is C=CCNC(CCCC)NC(=O)CCCCC. The third kappa shape index (κ3) is 10.1. The van der Waals surface area contributed by atoms with Crippen LogP contribution in [0, 0.1) is 0 Å². The molecule has 0 rings (SSSR count). The molecule has 0 aromatic rings. The normalized spacial score (nSPS) is 12.1. The Morgan fingerprint density at radius 3 is 2.53 bits per heavy atom. The molecule has 0 aliphatic rings. The molecule has 0 aromatic heterocycles. The Morgan fingerprint density at radius 2 is 1.94 bits per heavy atom. The van der Waals surface area contributed by atoms with Gasteiger partial charge in [0.2, 0.25) is 5.91 Å². The molecule has 0 radical (unpaired) electrons. The van der Waals surface area contributed by atoms with Gasteiger partial charge in [0, 0.05) is 13.0 Å². The van der Waals surface area contributed by atoms with Crippen molar-refractivity contribution in [3.63, 3.8) is 0 Å². The molecule has 0 aliphatic carbocycles. The summed E-state index contributed by atoms with van der Waals surface area (Å²) >= 11 is 0. The van der Waals surface area contributed by atoms with Crippen molar-refractivity contribution in [3.05, 3.63) is 12.7 Å². The molecular formula is C14H28N2O. The van der Waals surface area contributed by atoms with Crippen LogP contribution >= 0.6 is 0 Å². The zero-order valence-electron chi connectivity index (χ0n) is 11.4. The van der Waals surface area contributed by atoms with Crippen molar-refractivity contribution in [2.75, 3.05) is 6.54 Å². The molecule has 100 valence electrons. The van der Waals surface area contributed by atoms with Crippen LogP contribution in [0.5, 0.6) is 0 Å². The number of carbonyl (C=O) groups excluding carboxylic acids is 1. The lowest BCUT2D eigenvalue weighted by Crippen LogP contribution is -2.45. The summed E-state index contributed by atoms with van der Waals surface area (Å²) in [5, 5.41) is 6.32. The first-order chi connectivity index (χ1) is 8.24. The van der Waals surface area contributed by atoms with Crippen molar-refractivity contribution in [2.24, 2.45) is 0 Å². The van der Waals surface area contributed by atoms with E-state index in [1.165, 1.54) is 0 Å². The summed E-state index contributed by atoms with van der Waals surface area (Å²) in [7, 11) is 0. The van der Waals surface area contributed by atoms with E-state index in [1.807, 2.05) is 6.08 Å². The van der Waals surface area contributed by atoms with E-state index in [-0.39, 0.29) is 12.1 Å². The molecule has 0 aliphatic heterocycles. The first-order valence-electron chi connectivity index (χ1n) is 6.88. The number of hydrogen-bond acceptors (Lipinski definition) is 2. The standard InChI is InChI=1S/C14H28N2O/c1-4-7-9-11-14(17)16-13(10-8-5-2)15-12-6-3/h6,13,15H,3-5,7-12H2,1-2H3,(H,16,17). The molecule has 0 spiro atoms. The molecule has 0 fully saturated rings. The minimum absolute atomic E-state index is 0.0991. The van der Waals surface area contributed by atoms with Gasteiger partial charge in [-0.05, 0) is 12.8 Å². The van der Waals surface area contributed by atoms with Gasteiger partial charge >= 0.3 is 0 Å². The molecule has 0 saturated carbocycles. The molecule has 0 aromatic carbocycles. The van der Waals surface area contributed by atoms with E-state index >= 15 is 0 Å². The highest BCUT2D eigenvalue weighted by molar-refractivity contribution is 5.76. The van der Waals surface area contributed by atoms with Gasteiger partial charge in [-0.25, -0.2) is 0 Å². The lowest BCUT2D eigenvalue weighted by molar-refractivity contribution is -0.122. The van der Waals surface area contributed by atoms with E-state index in [4.69, 9.17) is 0 Å². The van der Waals surface area contributed by atoms with E-state index in [2.05, 4.69) is 31.1 Å². The Kier molecular flexibility index (Phi) is 11.1. The summed E-state index contributed by atoms with van der Waals surface area (Å²) < 4.78 is 0. The van der Waals surface area contributed by atoms with Crippen LogP contribution in [0.2, 0.25) is 0 Å². The third-order valence-corrected chi connectivity index (χ3v) is 2.70. The summed E-state index contributed by atoms with van der Waals surface area (Å²) in [6.07, 6.45) is 9.11. The van der Waals surface area contributed by atoms with Crippen molar-refractivity contribution in [2.45, 2.75) is 65.0 Å². The van der Waals surface area contributed by atoms with Gasteiger partial charge in [-0.15, -0.1) is 6.58 Å². The summed E-state index contributed by atoms with van der Waals surface area (Å²) in [5.74, 6) is 0.163. The predicted molar refractivity (Wildman–Crippen MR) is 73.8 cm³/mol. The first kappa shape index (κ1) is 16.2. The minimum atomic E-state index is 0.0991. The Morgan fingerprint density at radius 1 is 1.24 bits per heavy atom. The zero-order valence-corrected chi connectivity index (χ0v) is 11.4. The van der Waals surface area contributed by atoms with Gasteiger partial charge in [0.05, 0.1) is 6.17 Å². The van der Waals surface area contributed by atoms with Gasteiger partial charge in [0.25, 0.3) is 0 Å². The van der Waals surface area contributed by atoms with Crippen molar-refractivity contribution in [1.29, 1.82) is 0 Å². The maximum Gasteiger partial charge on any atom is 0.221 e. The number of rotatable bonds is 11. The van der Waals surface area contributed by atoms with Crippen molar-refractivity contribution < 1.29 is 4.79 Å². The van der Waals surface area contributed by atoms with Crippen LogP contribution in [0.4, 0.5) is 0 Å². The van der Waals surface area contributed by atoms with Crippen molar-refractivity contribution in [1.82, 2.24) is 10.6 Å². The maximum absolute atomic E-state index is 11.7. The number of amides is 1. The van der Waals surface area contributed by atoms with Gasteiger partial charge < -0.3 is 5.32 Å². The fourth-order valence-corrected chi connectivity index (χ4v) is 1.66. The second-order valence-corrected chi connectivity index (χ2v) is 4.42. The Labute approximate surface area is 106 Å². The van der Waals surface area contributed by atoms with Crippen LogP contribution in [0.1, 0.15) is 58.8 Å². The third-order valence-electron chi connectivity index (χ3n) is 2.70. The van der Waals surface area contributed by atoms with E-state index in [0.717, 1.165) is 45.1 Å². The van der Waals surface area contributed by atoms with Crippen LogP contribution in [0.3, 0.4) is 0 Å². The number of unbranched alkanes of at least 4 members (excludes halogenated alkanes) is 3. The molecule has 1 atom stereocenters. The molecular weight excluding hydrogens is 212 g/mol.